The van der Waals surface area contributed by atoms with Gasteiger partial charge in [0, 0.05) is 18.2 Å². The van der Waals surface area contributed by atoms with Gasteiger partial charge in [-0.2, -0.15) is 0 Å². The Balaban J connectivity index is 1.78. The van der Waals surface area contributed by atoms with Crippen LogP contribution in [0.1, 0.15) is 35.2 Å². The molecule has 2 heterocycles. The third-order valence-electron chi connectivity index (χ3n) is 6.09. The lowest BCUT2D eigenvalue weighted by molar-refractivity contribution is 0.0951. The number of fused-ring (bicyclic) bond motifs is 2. The summed E-state index contributed by atoms with van der Waals surface area (Å²) in [6, 6.07) is 3.08. The summed E-state index contributed by atoms with van der Waals surface area (Å²) in [7, 11) is 2.07. The molecule has 1 unspecified atom stereocenters. The fourth-order valence-corrected chi connectivity index (χ4v) is 4.23. The Labute approximate surface area is 177 Å². The van der Waals surface area contributed by atoms with Crippen LogP contribution in [0.2, 0.25) is 0 Å². The first-order chi connectivity index (χ1) is 14.8. The zero-order valence-corrected chi connectivity index (χ0v) is 17.4. The highest BCUT2D eigenvalue weighted by molar-refractivity contribution is 6.06. The van der Waals surface area contributed by atoms with Crippen molar-refractivity contribution in [2.75, 3.05) is 20.1 Å². The summed E-state index contributed by atoms with van der Waals surface area (Å²) in [5.74, 6) is -0.779. The molecule has 1 aromatic heterocycles. The standard InChI is InChI=1S/C22H24N4O5/c1-11-20(29)14(10-27)17-19(21(11)30)25-16-13(5-6-15(28)18(16)24-17)22(31)23-8-7-12-4-3-9-26(12)2/h5-6,10,12,25,27,29H,3-4,7-9H2,1-2H3,(H,23,31)/b14-10-. The van der Waals surface area contributed by atoms with Crippen molar-refractivity contribution >= 4 is 34.2 Å². The summed E-state index contributed by atoms with van der Waals surface area (Å²) in [5, 5.41) is 22.5. The van der Waals surface area contributed by atoms with E-state index in [2.05, 4.69) is 27.2 Å². The molecule has 1 aliphatic heterocycles. The van der Waals surface area contributed by atoms with Crippen LogP contribution in [0.25, 0.3) is 28.3 Å². The summed E-state index contributed by atoms with van der Waals surface area (Å²) in [4.78, 5) is 47.3. The second-order valence-corrected chi connectivity index (χ2v) is 7.96. The maximum absolute atomic E-state index is 12.9. The number of hydrogen-bond acceptors (Lipinski definition) is 7. The molecule has 9 heteroatoms. The van der Waals surface area contributed by atoms with Crippen LogP contribution in [-0.4, -0.2) is 57.2 Å². The largest absolute Gasteiger partial charge is 0.515 e. The number of aliphatic hydroxyl groups is 1. The molecule has 4 N–H and O–H groups in total. The Hall–Kier alpha value is -3.46. The summed E-state index contributed by atoms with van der Waals surface area (Å²) in [6.45, 7) is 2.96. The van der Waals surface area contributed by atoms with E-state index >= 15 is 0 Å². The van der Waals surface area contributed by atoms with Crippen LogP contribution in [-0.2, 0) is 0 Å². The second-order valence-electron chi connectivity index (χ2n) is 7.96. The number of carbonyl (C=O) groups excluding carboxylic acids is 1. The van der Waals surface area contributed by atoms with Gasteiger partial charge in [0.05, 0.1) is 22.6 Å². The number of aromatic hydroxyl groups is 1. The SMILES string of the molecule is Cc1c(O)/c(=C\O)c2nc3c(=O)ccc(C(=O)NCCC4CCCN4C)c3[nH]c2c1=O. The van der Waals surface area contributed by atoms with Crippen molar-refractivity contribution in [3.63, 3.8) is 0 Å². The number of aliphatic hydroxyl groups excluding tert-OH is 1. The molecule has 1 fully saturated rings. The van der Waals surface area contributed by atoms with Gasteiger partial charge in [-0.1, -0.05) is 0 Å². The van der Waals surface area contributed by atoms with E-state index in [9.17, 15) is 24.6 Å². The van der Waals surface area contributed by atoms with Gasteiger partial charge in [-0.05, 0) is 51.9 Å². The second kappa shape index (κ2) is 7.99. The minimum atomic E-state index is -0.528. The van der Waals surface area contributed by atoms with E-state index in [1.165, 1.54) is 19.1 Å². The van der Waals surface area contributed by atoms with E-state index in [1.54, 1.807) is 0 Å². The van der Waals surface area contributed by atoms with Crippen molar-refractivity contribution in [3.05, 3.63) is 48.9 Å². The van der Waals surface area contributed by atoms with Gasteiger partial charge in [-0.15, -0.1) is 0 Å². The topological polar surface area (TPSA) is 136 Å². The highest BCUT2D eigenvalue weighted by atomic mass is 16.3. The van der Waals surface area contributed by atoms with E-state index in [0.29, 0.717) is 18.8 Å². The lowest BCUT2D eigenvalue weighted by atomic mass is 10.1. The molecule has 0 saturated carbocycles. The molecule has 1 atom stereocenters. The molecule has 0 spiro atoms. The first-order valence-electron chi connectivity index (χ1n) is 10.2. The van der Waals surface area contributed by atoms with Gasteiger partial charge in [0.2, 0.25) is 10.9 Å². The minimum Gasteiger partial charge on any atom is -0.515 e. The third kappa shape index (κ3) is 3.50. The fraction of sp³-hybridized carbons (Fsp3) is 0.364. The van der Waals surface area contributed by atoms with E-state index < -0.39 is 16.6 Å². The average molecular weight is 424 g/mol. The lowest BCUT2D eigenvalue weighted by Gasteiger charge is -2.19. The highest BCUT2D eigenvalue weighted by Gasteiger charge is 2.21. The van der Waals surface area contributed by atoms with E-state index in [-0.39, 0.29) is 44.3 Å². The quantitative estimate of drug-likeness (QED) is 0.452. The predicted molar refractivity (Wildman–Crippen MR) is 117 cm³/mol. The fourth-order valence-electron chi connectivity index (χ4n) is 4.23. The van der Waals surface area contributed by atoms with Crippen LogP contribution in [0.4, 0.5) is 0 Å². The van der Waals surface area contributed by atoms with Crippen LogP contribution in [0.15, 0.2) is 21.7 Å². The molecule has 1 aliphatic rings. The van der Waals surface area contributed by atoms with Gasteiger partial charge >= 0.3 is 0 Å². The number of aromatic amines is 1. The maximum Gasteiger partial charge on any atom is 0.253 e. The number of hydrogen-bond donors (Lipinski definition) is 4. The first kappa shape index (κ1) is 20.8. The zero-order chi connectivity index (χ0) is 22.3. The van der Waals surface area contributed by atoms with E-state index in [4.69, 9.17) is 0 Å². The highest BCUT2D eigenvalue weighted by Crippen LogP contribution is 2.19. The summed E-state index contributed by atoms with van der Waals surface area (Å²) < 4.78 is 0. The molecule has 3 aromatic rings. The van der Waals surface area contributed by atoms with Crippen LogP contribution >= 0.6 is 0 Å². The monoisotopic (exact) mass is 424 g/mol. The lowest BCUT2D eigenvalue weighted by Crippen LogP contribution is -2.32. The van der Waals surface area contributed by atoms with Crippen LogP contribution in [0.5, 0.6) is 5.75 Å². The Morgan fingerprint density at radius 2 is 2.10 bits per heavy atom. The van der Waals surface area contributed by atoms with Crippen molar-refractivity contribution in [1.82, 2.24) is 20.2 Å². The number of nitrogens with zero attached hydrogens (tertiary/aromatic N) is 2. The van der Waals surface area contributed by atoms with Gasteiger partial charge < -0.3 is 25.4 Å². The smallest absolute Gasteiger partial charge is 0.253 e. The molecule has 2 aromatic carbocycles. The van der Waals surface area contributed by atoms with Gasteiger partial charge in [0.25, 0.3) is 5.91 Å². The van der Waals surface area contributed by atoms with E-state index in [1.807, 2.05) is 0 Å². The van der Waals surface area contributed by atoms with Gasteiger partial charge in [-0.25, -0.2) is 4.98 Å². The summed E-state index contributed by atoms with van der Waals surface area (Å²) in [6.07, 6.45) is 3.71. The number of aromatic nitrogens is 2. The van der Waals surface area contributed by atoms with Crippen molar-refractivity contribution in [2.45, 2.75) is 32.2 Å². The molecular formula is C22H24N4O5. The Morgan fingerprint density at radius 1 is 1.32 bits per heavy atom. The number of benzene rings is 2. The Morgan fingerprint density at radius 3 is 2.77 bits per heavy atom. The number of carbonyl (C=O) groups is 1. The van der Waals surface area contributed by atoms with Crippen molar-refractivity contribution in [2.24, 2.45) is 0 Å². The van der Waals surface area contributed by atoms with Crippen LogP contribution < -0.4 is 21.4 Å². The summed E-state index contributed by atoms with van der Waals surface area (Å²) >= 11 is 0. The van der Waals surface area contributed by atoms with Gasteiger partial charge in [0.1, 0.15) is 22.3 Å². The molecule has 1 saturated heterocycles. The first-order valence-corrected chi connectivity index (χ1v) is 10.2. The van der Waals surface area contributed by atoms with Crippen molar-refractivity contribution in [3.8, 4) is 5.75 Å². The number of phenolic OH excluding ortho intramolecular Hbond substituents is 1. The molecule has 9 nitrogen and oxygen atoms in total. The van der Waals surface area contributed by atoms with Gasteiger partial charge in [0.15, 0.2) is 0 Å². The number of H-pyrrole nitrogens is 1. The minimum absolute atomic E-state index is 0.00432. The predicted octanol–water partition coefficient (Wildman–Crippen LogP) is 0.680. The normalized spacial score (nSPS) is 17.6. The third-order valence-corrected chi connectivity index (χ3v) is 6.09. The van der Waals surface area contributed by atoms with Crippen molar-refractivity contribution in [1.29, 1.82) is 0 Å². The summed E-state index contributed by atoms with van der Waals surface area (Å²) in [5.41, 5.74) is -0.716. The molecule has 162 valence electrons. The molecular weight excluding hydrogens is 400 g/mol. The number of amides is 1. The number of nitrogens with one attached hydrogen (secondary N) is 2. The average Bonchev–Trinajstić information content (AvgIpc) is 3.17. The molecule has 0 aliphatic carbocycles. The number of likely N-dealkylation sites (tertiary alicyclic amines) is 1. The Bertz CT molecular complexity index is 1360. The molecule has 31 heavy (non-hydrogen) atoms. The molecule has 1 amide bonds. The number of rotatable bonds is 4. The number of phenols is 1. The van der Waals surface area contributed by atoms with Crippen molar-refractivity contribution < 1.29 is 15.0 Å². The Kier molecular flexibility index (Phi) is 5.36. The van der Waals surface area contributed by atoms with Crippen LogP contribution in [0.3, 0.4) is 0 Å². The zero-order valence-electron chi connectivity index (χ0n) is 17.4. The van der Waals surface area contributed by atoms with E-state index in [0.717, 1.165) is 25.8 Å². The van der Waals surface area contributed by atoms with Crippen LogP contribution in [0, 0.1) is 6.92 Å². The molecule has 0 radical (unpaired) electrons. The molecule has 0 bridgehead atoms. The molecule has 4 rings (SSSR count). The maximum atomic E-state index is 12.9. The van der Waals surface area contributed by atoms with Gasteiger partial charge in [-0.3, -0.25) is 14.4 Å².